The van der Waals surface area contributed by atoms with Gasteiger partial charge in [-0.15, -0.1) is 0 Å². The van der Waals surface area contributed by atoms with Gasteiger partial charge in [0, 0.05) is 12.1 Å². The largest absolute Gasteiger partial charge is 0.435 e. The second-order valence-electron chi connectivity index (χ2n) is 4.46. The summed E-state index contributed by atoms with van der Waals surface area (Å²) in [4.78, 5) is 11.9. The third kappa shape index (κ3) is 5.52. The lowest BCUT2D eigenvalue weighted by Crippen LogP contribution is -2.30. The number of ether oxygens (including phenoxy) is 1. The fourth-order valence-electron chi connectivity index (χ4n) is 1.81. The first-order chi connectivity index (χ1) is 9.56. The van der Waals surface area contributed by atoms with Crippen molar-refractivity contribution < 1.29 is 18.3 Å². The number of alkyl halides is 2. The van der Waals surface area contributed by atoms with Crippen LogP contribution < -0.4 is 15.8 Å². The molecule has 1 amide bonds. The van der Waals surface area contributed by atoms with Gasteiger partial charge < -0.3 is 15.8 Å². The maximum Gasteiger partial charge on any atom is 0.387 e. The second-order valence-corrected chi connectivity index (χ2v) is 4.46. The Bertz CT molecular complexity index is 410. The Morgan fingerprint density at radius 2 is 2.00 bits per heavy atom. The van der Waals surface area contributed by atoms with E-state index in [9.17, 15) is 13.6 Å². The summed E-state index contributed by atoms with van der Waals surface area (Å²) in [5.74, 6) is 0.153. The van der Waals surface area contributed by atoms with Crippen molar-refractivity contribution in [2.24, 2.45) is 11.7 Å². The fraction of sp³-hybridized carbons (Fsp3) is 0.500. The molecule has 0 bridgehead atoms. The van der Waals surface area contributed by atoms with E-state index in [2.05, 4.69) is 10.1 Å². The summed E-state index contributed by atoms with van der Waals surface area (Å²) in [5, 5.41) is 2.81. The SMILES string of the molecule is CCC(CCN)CNC(=O)c1ccc(OC(F)F)cc1. The maximum absolute atomic E-state index is 12.0. The van der Waals surface area contributed by atoms with E-state index in [0.717, 1.165) is 12.8 Å². The van der Waals surface area contributed by atoms with Crippen LogP contribution in [0.2, 0.25) is 0 Å². The second kappa shape index (κ2) is 8.47. The predicted molar refractivity (Wildman–Crippen MR) is 72.9 cm³/mol. The zero-order valence-electron chi connectivity index (χ0n) is 11.4. The van der Waals surface area contributed by atoms with E-state index >= 15 is 0 Å². The number of carbonyl (C=O) groups excluding carboxylic acids is 1. The van der Waals surface area contributed by atoms with E-state index in [4.69, 9.17) is 5.73 Å². The molecule has 1 rings (SSSR count). The average Bonchev–Trinajstić information content (AvgIpc) is 2.43. The lowest BCUT2D eigenvalue weighted by Gasteiger charge is -2.14. The summed E-state index contributed by atoms with van der Waals surface area (Å²) in [6.07, 6.45) is 1.80. The van der Waals surface area contributed by atoms with Crippen LogP contribution >= 0.6 is 0 Å². The number of carbonyl (C=O) groups is 1. The smallest absolute Gasteiger partial charge is 0.387 e. The molecule has 0 fully saturated rings. The fourth-order valence-corrected chi connectivity index (χ4v) is 1.81. The Balaban J connectivity index is 2.51. The van der Waals surface area contributed by atoms with Crippen LogP contribution in [0.3, 0.4) is 0 Å². The third-order valence-electron chi connectivity index (χ3n) is 3.05. The van der Waals surface area contributed by atoms with Gasteiger partial charge >= 0.3 is 6.61 Å². The Labute approximate surface area is 117 Å². The van der Waals surface area contributed by atoms with Crippen LogP contribution in [0.5, 0.6) is 5.75 Å². The van der Waals surface area contributed by atoms with Gasteiger partial charge in [0.15, 0.2) is 0 Å². The van der Waals surface area contributed by atoms with Crippen LogP contribution in [0.25, 0.3) is 0 Å². The van der Waals surface area contributed by atoms with Crippen LogP contribution in [0.4, 0.5) is 8.78 Å². The maximum atomic E-state index is 12.0. The van der Waals surface area contributed by atoms with E-state index in [-0.39, 0.29) is 11.7 Å². The summed E-state index contributed by atoms with van der Waals surface area (Å²) < 4.78 is 28.2. The van der Waals surface area contributed by atoms with Crippen LogP contribution in [0.1, 0.15) is 30.1 Å². The highest BCUT2D eigenvalue weighted by molar-refractivity contribution is 5.94. The van der Waals surface area contributed by atoms with Crippen molar-refractivity contribution in [3.8, 4) is 5.75 Å². The van der Waals surface area contributed by atoms with Gasteiger partial charge in [0.25, 0.3) is 5.91 Å². The minimum absolute atomic E-state index is 0.0334. The van der Waals surface area contributed by atoms with Crippen LogP contribution in [0, 0.1) is 5.92 Å². The highest BCUT2D eigenvalue weighted by atomic mass is 19.3. The predicted octanol–water partition coefficient (Wildman–Crippen LogP) is 2.39. The molecular weight excluding hydrogens is 266 g/mol. The molecule has 0 spiro atoms. The number of nitrogens with one attached hydrogen (secondary N) is 1. The molecule has 1 aromatic carbocycles. The Hall–Kier alpha value is -1.69. The molecule has 0 aromatic heterocycles. The standard InChI is InChI=1S/C14H20F2N2O2/c1-2-10(7-8-17)9-18-13(19)11-3-5-12(6-4-11)20-14(15)16/h3-6,10,14H,2,7-9,17H2,1H3,(H,18,19). The van der Waals surface area contributed by atoms with Crippen molar-refractivity contribution in [2.75, 3.05) is 13.1 Å². The normalized spacial score (nSPS) is 12.2. The summed E-state index contributed by atoms with van der Waals surface area (Å²) in [7, 11) is 0. The van der Waals surface area contributed by atoms with Gasteiger partial charge in [-0.2, -0.15) is 8.78 Å². The summed E-state index contributed by atoms with van der Waals surface area (Å²) in [5.41, 5.74) is 5.90. The summed E-state index contributed by atoms with van der Waals surface area (Å²) in [6, 6.07) is 5.60. The summed E-state index contributed by atoms with van der Waals surface area (Å²) in [6.45, 7) is 0.329. The molecule has 0 heterocycles. The first kappa shape index (κ1) is 16.4. The number of hydrogen-bond donors (Lipinski definition) is 2. The lowest BCUT2D eigenvalue weighted by atomic mass is 10.0. The molecule has 0 aliphatic carbocycles. The lowest BCUT2D eigenvalue weighted by molar-refractivity contribution is -0.0498. The van der Waals surface area contributed by atoms with Crippen molar-refractivity contribution in [2.45, 2.75) is 26.4 Å². The zero-order valence-corrected chi connectivity index (χ0v) is 11.4. The van der Waals surface area contributed by atoms with Gasteiger partial charge in [-0.05, 0) is 43.1 Å². The first-order valence-corrected chi connectivity index (χ1v) is 6.60. The molecule has 0 radical (unpaired) electrons. The molecule has 20 heavy (non-hydrogen) atoms. The topological polar surface area (TPSA) is 64.3 Å². The first-order valence-electron chi connectivity index (χ1n) is 6.60. The molecule has 3 N–H and O–H groups in total. The van der Waals surface area contributed by atoms with Crippen LogP contribution in [0.15, 0.2) is 24.3 Å². The van der Waals surface area contributed by atoms with E-state index in [0.29, 0.717) is 24.6 Å². The van der Waals surface area contributed by atoms with Gasteiger partial charge in [-0.1, -0.05) is 13.3 Å². The van der Waals surface area contributed by atoms with Gasteiger partial charge in [0.05, 0.1) is 0 Å². The molecule has 0 aliphatic heterocycles. The number of benzene rings is 1. The molecule has 1 atom stereocenters. The Morgan fingerprint density at radius 3 is 2.50 bits per heavy atom. The van der Waals surface area contributed by atoms with Crippen molar-refractivity contribution in [1.29, 1.82) is 0 Å². The van der Waals surface area contributed by atoms with Gasteiger partial charge in [0.2, 0.25) is 0 Å². The average molecular weight is 286 g/mol. The molecule has 0 saturated carbocycles. The van der Waals surface area contributed by atoms with Crippen molar-refractivity contribution in [1.82, 2.24) is 5.32 Å². The Morgan fingerprint density at radius 1 is 1.35 bits per heavy atom. The van der Waals surface area contributed by atoms with Crippen LogP contribution in [-0.2, 0) is 0 Å². The zero-order chi connectivity index (χ0) is 15.0. The number of amides is 1. The van der Waals surface area contributed by atoms with Gasteiger partial charge in [-0.25, -0.2) is 0 Å². The van der Waals surface area contributed by atoms with Crippen molar-refractivity contribution in [3.63, 3.8) is 0 Å². The molecule has 0 saturated heterocycles. The minimum Gasteiger partial charge on any atom is -0.435 e. The van der Waals surface area contributed by atoms with Crippen LogP contribution in [-0.4, -0.2) is 25.6 Å². The molecule has 6 heteroatoms. The number of nitrogens with two attached hydrogens (primary N) is 1. The van der Waals surface area contributed by atoms with E-state index < -0.39 is 6.61 Å². The van der Waals surface area contributed by atoms with E-state index in [1.807, 2.05) is 6.92 Å². The minimum atomic E-state index is -2.86. The van der Waals surface area contributed by atoms with Crippen molar-refractivity contribution in [3.05, 3.63) is 29.8 Å². The van der Waals surface area contributed by atoms with E-state index in [1.165, 1.54) is 24.3 Å². The summed E-state index contributed by atoms with van der Waals surface area (Å²) >= 11 is 0. The quantitative estimate of drug-likeness (QED) is 0.771. The monoisotopic (exact) mass is 286 g/mol. The van der Waals surface area contributed by atoms with E-state index in [1.54, 1.807) is 0 Å². The highest BCUT2D eigenvalue weighted by Crippen LogP contribution is 2.15. The number of hydrogen-bond acceptors (Lipinski definition) is 3. The van der Waals surface area contributed by atoms with Gasteiger partial charge in [-0.3, -0.25) is 4.79 Å². The molecule has 0 aliphatic rings. The molecular formula is C14H20F2N2O2. The Kier molecular flexibility index (Phi) is 6.93. The molecule has 4 nitrogen and oxygen atoms in total. The molecule has 112 valence electrons. The molecule has 1 aromatic rings. The molecule has 1 unspecified atom stereocenters. The number of rotatable bonds is 8. The van der Waals surface area contributed by atoms with Gasteiger partial charge in [0.1, 0.15) is 5.75 Å². The van der Waals surface area contributed by atoms with Crippen molar-refractivity contribution >= 4 is 5.91 Å². The highest BCUT2D eigenvalue weighted by Gasteiger charge is 2.10. The third-order valence-corrected chi connectivity index (χ3v) is 3.05. The number of halogens is 2.